The van der Waals surface area contributed by atoms with E-state index in [2.05, 4.69) is 11.6 Å². The lowest BCUT2D eigenvalue weighted by molar-refractivity contribution is -0.156. The zero-order chi connectivity index (χ0) is 44.4. The topological polar surface area (TPSA) is 176 Å². The SMILES string of the molecule is C=CC[C@H]1C(=O)C(C)(C)[C@@H](O)CC(=O)O[C@H](c2ccc3sc(C)nc3c2)C/C=C(/C)CCC[C@H](C)[C@@H]1OC(=O)OCc1ccc(OC(=O)CCCN2C(=O)C=CC2=O)c(Cl)c1. The molecule has 2 aliphatic rings. The molecule has 5 rings (SSSR count). The number of aromatic nitrogens is 1. The molecule has 13 nitrogen and oxygen atoms in total. The number of ketones is 1. The number of rotatable bonds is 11. The van der Waals surface area contributed by atoms with Gasteiger partial charge in [0.05, 0.1) is 44.1 Å². The van der Waals surface area contributed by atoms with E-state index in [0.717, 1.165) is 31.3 Å². The summed E-state index contributed by atoms with van der Waals surface area (Å²) in [6.07, 6.45) is 4.15. The van der Waals surface area contributed by atoms with E-state index >= 15 is 0 Å². The first-order valence-corrected chi connectivity index (χ1v) is 21.6. The Hall–Kier alpha value is -5.18. The summed E-state index contributed by atoms with van der Waals surface area (Å²) in [4.78, 5) is 82.8. The van der Waals surface area contributed by atoms with E-state index in [1.54, 1.807) is 37.3 Å². The van der Waals surface area contributed by atoms with Crippen LogP contribution in [0.2, 0.25) is 5.02 Å². The second kappa shape index (κ2) is 21.1. The van der Waals surface area contributed by atoms with Gasteiger partial charge in [-0.2, -0.15) is 0 Å². The summed E-state index contributed by atoms with van der Waals surface area (Å²) in [5.41, 5.74) is 1.69. The van der Waals surface area contributed by atoms with Gasteiger partial charge in [0.2, 0.25) is 0 Å². The van der Waals surface area contributed by atoms with E-state index in [1.807, 2.05) is 45.0 Å². The van der Waals surface area contributed by atoms with Crippen molar-refractivity contribution in [3.63, 3.8) is 0 Å². The van der Waals surface area contributed by atoms with E-state index in [1.165, 1.54) is 24.3 Å². The smallest absolute Gasteiger partial charge is 0.457 e. The second-order valence-corrected chi connectivity index (χ2v) is 17.8. The van der Waals surface area contributed by atoms with Crippen molar-refractivity contribution in [2.75, 3.05) is 6.54 Å². The predicted octanol–water partition coefficient (Wildman–Crippen LogP) is 8.87. The Morgan fingerprint density at radius 2 is 1.84 bits per heavy atom. The van der Waals surface area contributed by atoms with Gasteiger partial charge < -0.3 is 24.1 Å². The maximum absolute atomic E-state index is 14.4. The maximum Gasteiger partial charge on any atom is 0.508 e. The van der Waals surface area contributed by atoms with Crippen molar-refractivity contribution >= 4 is 68.8 Å². The number of imide groups is 1. The Morgan fingerprint density at radius 1 is 1.10 bits per heavy atom. The molecule has 61 heavy (non-hydrogen) atoms. The number of halogens is 1. The van der Waals surface area contributed by atoms with Gasteiger partial charge in [0.25, 0.3) is 11.8 Å². The van der Waals surface area contributed by atoms with Gasteiger partial charge in [-0.05, 0) is 87.3 Å². The number of hydrogen-bond acceptors (Lipinski definition) is 13. The van der Waals surface area contributed by atoms with Crippen LogP contribution in [0.5, 0.6) is 5.75 Å². The maximum atomic E-state index is 14.4. The number of fused-ring (bicyclic) bond motifs is 1. The lowest BCUT2D eigenvalue weighted by Gasteiger charge is -2.37. The van der Waals surface area contributed by atoms with Gasteiger partial charge in [0.15, 0.2) is 0 Å². The van der Waals surface area contributed by atoms with E-state index in [4.69, 9.17) is 30.5 Å². The predicted molar refractivity (Wildman–Crippen MR) is 230 cm³/mol. The molecule has 0 aliphatic carbocycles. The second-order valence-electron chi connectivity index (χ2n) is 16.2. The zero-order valence-electron chi connectivity index (χ0n) is 35.1. The Balaban J connectivity index is 1.26. The molecule has 0 spiro atoms. The zero-order valence-corrected chi connectivity index (χ0v) is 36.7. The number of thiazole rings is 1. The number of ether oxygens (including phenoxy) is 4. The van der Waals surface area contributed by atoms with Crippen molar-refractivity contribution < 1.29 is 52.8 Å². The first-order chi connectivity index (χ1) is 29.0. The van der Waals surface area contributed by atoms with Crippen LogP contribution < -0.4 is 4.74 Å². The largest absolute Gasteiger partial charge is 0.508 e. The average Bonchev–Trinajstić information content (AvgIpc) is 3.75. The number of cyclic esters (lactones) is 1. The quantitative estimate of drug-likeness (QED) is 0.0840. The van der Waals surface area contributed by atoms with Crippen LogP contribution in [0.15, 0.2) is 72.9 Å². The third-order valence-corrected chi connectivity index (χ3v) is 12.3. The molecule has 2 amide bonds. The van der Waals surface area contributed by atoms with Crippen molar-refractivity contribution in [3.05, 3.63) is 94.0 Å². The summed E-state index contributed by atoms with van der Waals surface area (Å²) in [5, 5.41) is 12.5. The monoisotopic (exact) mass is 876 g/mol. The van der Waals surface area contributed by atoms with Gasteiger partial charge in [0.1, 0.15) is 30.3 Å². The van der Waals surface area contributed by atoms with Crippen LogP contribution in [0.4, 0.5) is 4.79 Å². The number of aliphatic hydroxyl groups excluding tert-OH is 1. The lowest BCUT2D eigenvalue weighted by Crippen LogP contribution is -2.47. The summed E-state index contributed by atoms with van der Waals surface area (Å²) in [6.45, 7) is 12.6. The molecule has 15 heteroatoms. The molecule has 2 aromatic carbocycles. The van der Waals surface area contributed by atoms with Crippen LogP contribution in [-0.2, 0) is 44.8 Å². The Labute approximate surface area is 364 Å². The molecule has 2 aliphatic heterocycles. The summed E-state index contributed by atoms with van der Waals surface area (Å²) in [6, 6.07) is 10.3. The number of nitrogens with zero attached hydrogens (tertiary/aromatic N) is 2. The molecule has 0 bridgehead atoms. The van der Waals surface area contributed by atoms with Gasteiger partial charge in [-0.3, -0.25) is 28.9 Å². The summed E-state index contributed by atoms with van der Waals surface area (Å²) < 4.78 is 23.9. The first-order valence-electron chi connectivity index (χ1n) is 20.4. The number of aryl methyl sites for hydroxylation is 1. The number of carbonyl (C=O) groups is 6. The fraction of sp³-hybridized carbons (Fsp3) is 0.457. The van der Waals surface area contributed by atoms with Gasteiger partial charge >= 0.3 is 18.1 Å². The lowest BCUT2D eigenvalue weighted by atomic mass is 9.71. The number of carbonyl (C=O) groups excluding carboxylic acids is 6. The molecular formula is C46H53ClN2O11S. The Kier molecular flexibility index (Phi) is 16.2. The van der Waals surface area contributed by atoms with Gasteiger partial charge in [0, 0.05) is 31.5 Å². The van der Waals surface area contributed by atoms with Gasteiger partial charge in [-0.1, -0.05) is 62.2 Å². The number of amides is 2. The van der Waals surface area contributed by atoms with Crippen LogP contribution in [0.3, 0.4) is 0 Å². The number of Topliss-reactive ketones (excluding diaryl/α,β-unsaturated/α-hetero) is 1. The van der Waals surface area contributed by atoms with Crippen LogP contribution >= 0.6 is 22.9 Å². The van der Waals surface area contributed by atoms with E-state index in [0.29, 0.717) is 31.2 Å². The highest BCUT2D eigenvalue weighted by atomic mass is 35.5. The van der Waals surface area contributed by atoms with Crippen molar-refractivity contribution in [2.45, 2.75) is 111 Å². The molecule has 3 heterocycles. The minimum Gasteiger partial charge on any atom is -0.457 e. The van der Waals surface area contributed by atoms with Crippen molar-refractivity contribution in [1.29, 1.82) is 0 Å². The number of hydrogen-bond donors (Lipinski definition) is 1. The summed E-state index contributed by atoms with van der Waals surface area (Å²) in [5.74, 6) is -3.72. The third kappa shape index (κ3) is 12.5. The van der Waals surface area contributed by atoms with Gasteiger partial charge in [-0.25, -0.2) is 9.78 Å². The minimum absolute atomic E-state index is 0.0652. The van der Waals surface area contributed by atoms with Crippen molar-refractivity contribution in [3.8, 4) is 5.75 Å². The minimum atomic E-state index is -1.45. The van der Waals surface area contributed by atoms with Crippen molar-refractivity contribution in [1.82, 2.24) is 9.88 Å². The molecule has 1 aromatic heterocycles. The highest BCUT2D eigenvalue weighted by molar-refractivity contribution is 7.18. The molecule has 0 fully saturated rings. The van der Waals surface area contributed by atoms with E-state index < -0.39 is 71.8 Å². The van der Waals surface area contributed by atoms with E-state index in [-0.39, 0.29) is 49.1 Å². The van der Waals surface area contributed by atoms with Crippen LogP contribution in [0, 0.1) is 24.2 Å². The third-order valence-electron chi connectivity index (χ3n) is 11.1. The molecule has 0 unspecified atom stereocenters. The number of allylic oxidation sites excluding steroid dienone is 2. The van der Waals surface area contributed by atoms with Gasteiger partial charge in [-0.15, -0.1) is 17.9 Å². The average molecular weight is 877 g/mol. The normalized spacial score (nSPS) is 23.6. The number of benzene rings is 2. The highest BCUT2D eigenvalue weighted by Crippen LogP contribution is 2.37. The molecule has 1 N–H and O–H groups in total. The Bertz CT molecular complexity index is 2190. The van der Waals surface area contributed by atoms with Crippen LogP contribution in [0.25, 0.3) is 10.2 Å². The molecule has 0 saturated heterocycles. The summed E-state index contributed by atoms with van der Waals surface area (Å²) >= 11 is 7.98. The van der Waals surface area contributed by atoms with E-state index in [9.17, 15) is 33.9 Å². The molecule has 5 atom stereocenters. The molecule has 0 saturated carbocycles. The number of aliphatic hydroxyl groups is 1. The van der Waals surface area contributed by atoms with Crippen LogP contribution in [0.1, 0.15) is 101 Å². The molecule has 0 radical (unpaired) electrons. The fourth-order valence-corrected chi connectivity index (χ4v) is 8.48. The molecular weight excluding hydrogens is 824 g/mol. The standard InChI is InChI=1S/C46H53ClN2O11S/c1-7-10-32-43(60-45(56)57-26-30-15-18-36(33(47)23-30)59-41(53)13-9-22-49-39(51)20-21-40(49)52)28(3)12-8-11-27(2)14-17-35(31-16-19-37-34(24-31)48-29(4)61-37)58-42(54)25-38(50)46(5,6)44(32)55/h7,14-16,18-21,23-24,28,32,35,38,43,50H,1,8-13,17,22,25-26H2,2-6H3/b27-14-/t28-,32+,35-,38-,43-/m0/s1. The molecule has 326 valence electrons. The summed E-state index contributed by atoms with van der Waals surface area (Å²) in [7, 11) is 0. The fourth-order valence-electron chi connectivity index (χ4n) is 7.43. The van der Waals surface area contributed by atoms with Crippen molar-refractivity contribution in [2.24, 2.45) is 17.3 Å². The first kappa shape index (κ1) is 46.9. The van der Waals surface area contributed by atoms with Crippen LogP contribution in [-0.4, -0.2) is 69.4 Å². The molecule has 3 aromatic rings. The highest BCUT2D eigenvalue weighted by Gasteiger charge is 2.45. The Morgan fingerprint density at radius 3 is 2.54 bits per heavy atom. The number of esters is 2.